The van der Waals surface area contributed by atoms with Crippen molar-refractivity contribution in [3.63, 3.8) is 0 Å². The van der Waals surface area contributed by atoms with Gasteiger partial charge in [0.25, 0.3) is 0 Å². The van der Waals surface area contributed by atoms with E-state index in [0.29, 0.717) is 12.1 Å². The van der Waals surface area contributed by atoms with Crippen molar-refractivity contribution in [3.05, 3.63) is 59.7 Å². The molecule has 0 fully saturated rings. The maximum Gasteiger partial charge on any atom is 0.128 e. The van der Waals surface area contributed by atoms with Gasteiger partial charge in [0.1, 0.15) is 5.82 Å². The van der Waals surface area contributed by atoms with Crippen LogP contribution in [0.3, 0.4) is 0 Å². The molecule has 18 heavy (non-hydrogen) atoms. The molecule has 0 saturated heterocycles. The molecule has 3 heteroatoms. The van der Waals surface area contributed by atoms with Crippen LogP contribution in [-0.4, -0.2) is 10.6 Å². The lowest BCUT2D eigenvalue weighted by molar-refractivity contribution is 0.599. The molecule has 1 atom stereocenters. The summed E-state index contributed by atoms with van der Waals surface area (Å²) in [5.74, 6) is -0.155. The van der Waals surface area contributed by atoms with Gasteiger partial charge in [-0.3, -0.25) is 0 Å². The molecule has 2 rings (SSSR count). The Bertz CT molecular complexity index is 505. The van der Waals surface area contributed by atoms with Gasteiger partial charge >= 0.3 is 0 Å². The highest BCUT2D eigenvalue weighted by Crippen LogP contribution is 2.11. The normalized spacial score (nSPS) is 12.6. The molecule has 0 aliphatic carbocycles. The highest BCUT2D eigenvalue weighted by molar-refractivity contribution is 5.19. The molecule has 1 heterocycles. The van der Waals surface area contributed by atoms with Crippen molar-refractivity contribution in [1.82, 2.24) is 4.57 Å². The fourth-order valence-corrected chi connectivity index (χ4v) is 1.98. The van der Waals surface area contributed by atoms with Gasteiger partial charge in [-0.2, -0.15) is 0 Å². The number of aromatic nitrogens is 1. The molecule has 2 aromatic rings. The molecule has 96 valence electrons. The van der Waals surface area contributed by atoms with Gasteiger partial charge in [0.2, 0.25) is 0 Å². The molecule has 1 aromatic heterocycles. The largest absolute Gasteiger partial charge is 0.350 e. The highest BCUT2D eigenvalue weighted by Gasteiger charge is 2.05. The van der Waals surface area contributed by atoms with Crippen LogP contribution in [0, 0.1) is 5.82 Å². The molecule has 0 aliphatic rings. The Morgan fingerprint density at radius 1 is 1.28 bits per heavy atom. The lowest BCUT2D eigenvalue weighted by Crippen LogP contribution is -2.21. The molecule has 2 N–H and O–H groups in total. The summed E-state index contributed by atoms with van der Waals surface area (Å²) < 4.78 is 15.5. The van der Waals surface area contributed by atoms with Crippen LogP contribution in [0.4, 0.5) is 4.39 Å². The smallest absolute Gasteiger partial charge is 0.128 e. The predicted octanol–water partition coefficient (Wildman–Crippen LogP) is 2.96. The molecular formula is C15H19FN2. The van der Waals surface area contributed by atoms with Crippen LogP contribution in [0.15, 0.2) is 42.7 Å². The summed E-state index contributed by atoms with van der Waals surface area (Å²) >= 11 is 0. The summed E-state index contributed by atoms with van der Waals surface area (Å²) in [5.41, 5.74) is 7.84. The Labute approximate surface area is 107 Å². The van der Waals surface area contributed by atoms with Crippen LogP contribution in [0.2, 0.25) is 0 Å². The summed E-state index contributed by atoms with van der Waals surface area (Å²) in [5, 5.41) is 0. The molecular weight excluding hydrogens is 227 g/mol. The zero-order valence-electron chi connectivity index (χ0n) is 10.6. The number of hydrogen-bond acceptors (Lipinski definition) is 1. The lowest BCUT2D eigenvalue weighted by Gasteiger charge is -2.06. The van der Waals surface area contributed by atoms with Gasteiger partial charge in [-0.15, -0.1) is 0 Å². The van der Waals surface area contributed by atoms with Crippen LogP contribution >= 0.6 is 0 Å². The minimum absolute atomic E-state index is 0.155. The fourth-order valence-electron chi connectivity index (χ4n) is 1.98. The first kappa shape index (κ1) is 12.8. The first-order chi connectivity index (χ1) is 8.69. The third-order valence-corrected chi connectivity index (χ3v) is 3.14. The lowest BCUT2D eigenvalue weighted by atomic mass is 10.1. The van der Waals surface area contributed by atoms with Gasteiger partial charge < -0.3 is 10.3 Å². The zero-order valence-corrected chi connectivity index (χ0v) is 10.6. The first-order valence-electron chi connectivity index (χ1n) is 6.32. The summed E-state index contributed by atoms with van der Waals surface area (Å²) in [6.07, 6.45) is 5.87. The van der Waals surface area contributed by atoms with Crippen molar-refractivity contribution in [1.29, 1.82) is 0 Å². The number of hydrogen-bond donors (Lipinski definition) is 1. The van der Waals surface area contributed by atoms with E-state index in [1.807, 2.05) is 29.1 Å². The first-order valence-corrected chi connectivity index (χ1v) is 6.32. The fraction of sp³-hybridized carbons (Fsp3) is 0.333. The van der Waals surface area contributed by atoms with Crippen LogP contribution in [-0.2, 0) is 13.0 Å². The summed E-state index contributed by atoms with van der Waals surface area (Å²) in [4.78, 5) is 0. The monoisotopic (exact) mass is 246 g/mol. The summed E-state index contributed by atoms with van der Waals surface area (Å²) in [6.45, 7) is 2.65. The Morgan fingerprint density at radius 3 is 2.78 bits per heavy atom. The van der Waals surface area contributed by atoms with Crippen LogP contribution in [0.1, 0.15) is 24.5 Å². The molecule has 2 nitrogen and oxygen atoms in total. The number of nitrogens with two attached hydrogens (primary N) is 1. The van der Waals surface area contributed by atoms with Crippen molar-refractivity contribution in [2.75, 3.05) is 0 Å². The second kappa shape index (κ2) is 5.83. The van der Waals surface area contributed by atoms with Crippen molar-refractivity contribution in [2.45, 2.75) is 32.4 Å². The molecule has 0 amide bonds. The summed E-state index contributed by atoms with van der Waals surface area (Å²) in [7, 11) is 0. The molecule has 1 unspecified atom stereocenters. The van der Waals surface area contributed by atoms with Crippen LogP contribution in [0.5, 0.6) is 0 Å². The number of rotatable bonds is 5. The zero-order chi connectivity index (χ0) is 13.0. The average molecular weight is 246 g/mol. The van der Waals surface area contributed by atoms with E-state index in [1.54, 1.807) is 6.07 Å². The van der Waals surface area contributed by atoms with E-state index in [1.165, 1.54) is 11.6 Å². The maximum atomic E-state index is 13.5. The maximum absolute atomic E-state index is 13.5. The second-order valence-corrected chi connectivity index (χ2v) is 4.66. The highest BCUT2D eigenvalue weighted by atomic mass is 19.1. The number of benzene rings is 1. The topological polar surface area (TPSA) is 30.9 Å². The average Bonchev–Trinajstić information content (AvgIpc) is 2.79. The van der Waals surface area contributed by atoms with E-state index < -0.39 is 0 Å². The second-order valence-electron chi connectivity index (χ2n) is 4.66. The van der Waals surface area contributed by atoms with Crippen molar-refractivity contribution in [3.8, 4) is 0 Å². The third-order valence-electron chi connectivity index (χ3n) is 3.14. The van der Waals surface area contributed by atoms with Crippen LogP contribution < -0.4 is 5.73 Å². The van der Waals surface area contributed by atoms with E-state index in [0.717, 1.165) is 12.8 Å². The predicted molar refractivity (Wildman–Crippen MR) is 71.9 cm³/mol. The van der Waals surface area contributed by atoms with Crippen LogP contribution in [0.25, 0.3) is 0 Å². The molecule has 0 saturated carbocycles. The van der Waals surface area contributed by atoms with Gasteiger partial charge in [-0.1, -0.05) is 25.1 Å². The van der Waals surface area contributed by atoms with E-state index in [2.05, 4.69) is 13.0 Å². The van der Waals surface area contributed by atoms with E-state index in [4.69, 9.17) is 5.73 Å². The Balaban J connectivity index is 2.05. The Morgan fingerprint density at radius 2 is 2.06 bits per heavy atom. The van der Waals surface area contributed by atoms with Crippen molar-refractivity contribution >= 4 is 0 Å². The van der Waals surface area contributed by atoms with E-state index in [-0.39, 0.29) is 11.9 Å². The van der Waals surface area contributed by atoms with E-state index in [9.17, 15) is 4.39 Å². The Kier molecular flexibility index (Phi) is 4.15. The van der Waals surface area contributed by atoms with Crippen molar-refractivity contribution < 1.29 is 4.39 Å². The van der Waals surface area contributed by atoms with Gasteiger partial charge in [-0.25, -0.2) is 4.39 Å². The molecule has 1 aromatic carbocycles. The quantitative estimate of drug-likeness (QED) is 0.864. The molecule has 0 spiro atoms. The molecule has 0 radical (unpaired) electrons. The Hall–Kier alpha value is -1.61. The minimum atomic E-state index is -0.155. The van der Waals surface area contributed by atoms with Gasteiger partial charge in [0.15, 0.2) is 0 Å². The van der Waals surface area contributed by atoms with Gasteiger partial charge in [0, 0.05) is 30.5 Å². The minimum Gasteiger partial charge on any atom is -0.350 e. The van der Waals surface area contributed by atoms with Crippen molar-refractivity contribution in [2.24, 2.45) is 5.73 Å². The van der Waals surface area contributed by atoms with Gasteiger partial charge in [-0.05, 0) is 30.5 Å². The number of halogens is 1. The van der Waals surface area contributed by atoms with E-state index >= 15 is 0 Å². The molecule has 0 aliphatic heterocycles. The SMILES string of the molecule is CCC(N)Cc1ccn(Cc2ccccc2F)c1. The van der Waals surface area contributed by atoms with Gasteiger partial charge in [0.05, 0.1) is 0 Å². The standard InChI is InChI=1S/C15H19FN2/c1-2-14(17)9-12-7-8-18(10-12)11-13-5-3-4-6-15(13)16/h3-8,10,14H,2,9,11,17H2,1H3. The molecule has 0 bridgehead atoms. The third kappa shape index (κ3) is 3.20. The summed E-state index contributed by atoms with van der Waals surface area (Å²) in [6, 6.07) is 9.13. The number of nitrogens with zero attached hydrogens (tertiary/aromatic N) is 1.